The van der Waals surface area contributed by atoms with E-state index in [9.17, 15) is 34.5 Å². The number of aliphatic hydroxyl groups excluding tert-OH is 3. The minimum absolute atomic E-state index is 0.0198. The average molecular weight is 976 g/mol. The molecule has 3 N–H and O–H groups in total. The predicted octanol–water partition coefficient (Wildman–Crippen LogP) is 5.88. The Morgan fingerprint density at radius 1 is 0.855 bits per heavy atom. The maximum Gasteiger partial charge on any atom is 0.331 e. The van der Waals surface area contributed by atoms with Crippen molar-refractivity contribution in [3.63, 3.8) is 0 Å². The van der Waals surface area contributed by atoms with Crippen LogP contribution in [0.5, 0.6) is 0 Å². The predicted molar refractivity (Wildman–Crippen MR) is 262 cm³/mol. The molecule has 0 aromatic carbocycles. The number of amides is 1. The molecule has 0 aliphatic carbocycles. The highest BCUT2D eigenvalue weighted by Crippen LogP contribution is 2.34. The van der Waals surface area contributed by atoms with E-state index in [0.717, 1.165) is 5.57 Å². The van der Waals surface area contributed by atoms with Crippen molar-refractivity contribution in [1.82, 2.24) is 4.90 Å². The van der Waals surface area contributed by atoms with Crippen LogP contribution in [0.3, 0.4) is 0 Å². The molecular formula is C53H85NO15. The van der Waals surface area contributed by atoms with Crippen molar-refractivity contribution < 1.29 is 72.4 Å². The van der Waals surface area contributed by atoms with Crippen LogP contribution in [0.1, 0.15) is 87.0 Å². The van der Waals surface area contributed by atoms with Gasteiger partial charge in [0.05, 0.1) is 42.7 Å². The first-order valence-electron chi connectivity index (χ1n) is 24.1. The third kappa shape index (κ3) is 19.4. The Balaban J connectivity index is 2.52. The van der Waals surface area contributed by atoms with Crippen LogP contribution in [0.2, 0.25) is 0 Å². The lowest BCUT2D eigenvalue weighted by Gasteiger charge is -2.39. The highest BCUT2D eigenvalue weighted by Gasteiger charge is 2.43. The van der Waals surface area contributed by atoms with Crippen LogP contribution in [-0.2, 0) is 57.1 Å². The van der Waals surface area contributed by atoms with E-state index in [1.807, 2.05) is 60.6 Å². The van der Waals surface area contributed by atoms with Crippen molar-refractivity contribution in [2.24, 2.45) is 35.5 Å². The van der Waals surface area contributed by atoms with Gasteiger partial charge in [-0.15, -0.1) is 0 Å². The van der Waals surface area contributed by atoms with Crippen molar-refractivity contribution in [3.05, 3.63) is 72.0 Å². The lowest BCUT2D eigenvalue weighted by molar-refractivity contribution is -0.162. The van der Waals surface area contributed by atoms with Crippen LogP contribution in [0.15, 0.2) is 72.0 Å². The molecule has 2 aliphatic rings. The monoisotopic (exact) mass is 976 g/mol. The summed E-state index contributed by atoms with van der Waals surface area (Å²) < 4.78 is 47.1. The van der Waals surface area contributed by atoms with Gasteiger partial charge in [-0.25, -0.2) is 9.59 Å². The van der Waals surface area contributed by atoms with Gasteiger partial charge in [-0.2, -0.15) is 0 Å². The summed E-state index contributed by atoms with van der Waals surface area (Å²) in [6.45, 7) is 13.2. The van der Waals surface area contributed by atoms with E-state index in [1.54, 1.807) is 72.1 Å². The largest absolute Gasteiger partial charge is 0.458 e. The van der Waals surface area contributed by atoms with Gasteiger partial charge in [0.1, 0.15) is 30.2 Å². The summed E-state index contributed by atoms with van der Waals surface area (Å²) in [5.74, 6) is -3.47. The fourth-order valence-electron chi connectivity index (χ4n) is 9.27. The number of ether oxygens (including phenoxy) is 8. The first-order chi connectivity index (χ1) is 32.7. The van der Waals surface area contributed by atoms with Gasteiger partial charge >= 0.3 is 11.9 Å². The molecule has 2 aliphatic heterocycles. The molecule has 2 heterocycles. The van der Waals surface area contributed by atoms with E-state index >= 15 is 0 Å². The van der Waals surface area contributed by atoms with E-state index in [1.165, 1.54) is 31.3 Å². The normalized spacial score (nSPS) is 33.8. The zero-order chi connectivity index (χ0) is 52.0. The van der Waals surface area contributed by atoms with E-state index in [4.69, 9.17) is 37.9 Å². The molecule has 16 heteroatoms. The average Bonchev–Trinajstić information content (AvgIpc) is 3.32. The van der Waals surface area contributed by atoms with E-state index in [-0.39, 0.29) is 36.6 Å². The molecular weight excluding hydrogens is 891 g/mol. The van der Waals surface area contributed by atoms with Crippen molar-refractivity contribution in [2.45, 2.75) is 154 Å². The number of Topliss-reactive ketones (excluding diaryl/α,β-unsaturated/α-hetero) is 1. The Morgan fingerprint density at radius 3 is 2.12 bits per heavy atom. The van der Waals surface area contributed by atoms with E-state index in [2.05, 4.69) is 0 Å². The second-order valence-electron chi connectivity index (χ2n) is 18.9. The minimum Gasteiger partial charge on any atom is -0.458 e. The number of carbonyl (C=O) groups is 4. The van der Waals surface area contributed by atoms with Crippen LogP contribution >= 0.6 is 0 Å². The maximum absolute atomic E-state index is 13.7. The summed E-state index contributed by atoms with van der Waals surface area (Å²) >= 11 is 0. The molecule has 69 heavy (non-hydrogen) atoms. The Kier molecular flexibility index (Phi) is 28.0. The molecule has 2 bridgehead atoms. The van der Waals surface area contributed by atoms with Crippen LogP contribution < -0.4 is 0 Å². The summed E-state index contributed by atoms with van der Waals surface area (Å²) in [7, 11) is 10.9. The topological polar surface area (TPSA) is 206 Å². The second-order valence-corrected chi connectivity index (χ2v) is 18.9. The highest BCUT2D eigenvalue weighted by molar-refractivity contribution is 5.84. The number of nitrogens with zero attached hydrogens (tertiary/aromatic N) is 1. The molecule has 16 nitrogen and oxygen atoms in total. The number of cyclic esters (lactones) is 1. The van der Waals surface area contributed by atoms with Crippen LogP contribution in [-0.4, -0.2) is 161 Å². The number of fused-ring (bicyclic) bond motifs is 2. The van der Waals surface area contributed by atoms with Crippen LogP contribution in [0, 0.1) is 35.5 Å². The van der Waals surface area contributed by atoms with Crippen LogP contribution in [0.4, 0.5) is 0 Å². The van der Waals surface area contributed by atoms with Gasteiger partial charge < -0.3 is 58.1 Å². The lowest BCUT2D eigenvalue weighted by atomic mass is 9.81. The maximum atomic E-state index is 13.7. The molecule has 1 amide bonds. The van der Waals surface area contributed by atoms with Gasteiger partial charge in [0.2, 0.25) is 6.41 Å². The van der Waals surface area contributed by atoms with Crippen molar-refractivity contribution in [3.8, 4) is 0 Å². The number of hydrogen-bond acceptors (Lipinski definition) is 15. The highest BCUT2D eigenvalue weighted by atomic mass is 16.6. The Labute approximate surface area is 411 Å². The third-order valence-electron chi connectivity index (χ3n) is 13.8. The number of esters is 2. The molecule has 0 spiro atoms. The smallest absolute Gasteiger partial charge is 0.331 e. The number of rotatable bonds is 18. The molecule has 0 saturated heterocycles. The van der Waals surface area contributed by atoms with Gasteiger partial charge in [0, 0.05) is 122 Å². The first kappa shape index (κ1) is 61.3. The molecule has 17 atom stereocenters. The summed E-state index contributed by atoms with van der Waals surface area (Å²) in [6, 6.07) is 0. The summed E-state index contributed by atoms with van der Waals surface area (Å²) in [6.07, 6.45) is 10.6. The summed E-state index contributed by atoms with van der Waals surface area (Å²) in [5.41, 5.74) is 1.10. The second kappa shape index (κ2) is 31.5. The Bertz CT molecular complexity index is 1760. The van der Waals surface area contributed by atoms with Crippen molar-refractivity contribution in [2.75, 3.05) is 49.7 Å². The molecule has 2 rings (SSSR count). The van der Waals surface area contributed by atoms with Crippen LogP contribution in [0.25, 0.3) is 0 Å². The van der Waals surface area contributed by atoms with Gasteiger partial charge in [0.15, 0.2) is 0 Å². The number of ketones is 1. The fourth-order valence-corrected chi connectivity index (χ4v) is 9.27. The minimum atomic E-state index is -1.25. The van der Waals surface area contributed by atoms with Gasteiger partial charge in [0.25, 0.3) is 0 Å². The fraction of sp³-hybridized carbons (Fsp3) is 0.698. The number of aliphatic hydroxyl groups is 3. The van der Waals surface area contributed by atoms with E-state index < -0.39 is 96.6 Å². The molecule has 0 saturated carbocycles. The summed E-state index contributed by atoms with van der Waals surface area (Å²) in [4.78, 5) is 52.5. The lowest BCUT2D eigenvalue weighted by Crippen LogP contribution is -2.50. The van der Waals surface area contributed by atoms with E-state index in [0.29, 0.717) is 37.7 Å². The molecule has 0 radical (unpaired) electrons. The van der Waals surface area contributed by atoms with Crippen molar-refractivity contribution in [1.29, 1.82) is 0 Å². The first-order valence-corrected chi connectivity index (χ1v) is 24.1. The number of carbonyl (C=O) groups excluding carboxylic acids is 4. The van der Waals surface area contributed by atoms with Gasteiger partial charge in [-0.3, -0.25) is 9.59 Å². The van der Waals surface area contributed by atoms with Crippen molar-refractivity contribution >= 4 is 24.1 Å². The number of methoxy groups -OCH3 is 6. The quantitative estimate of drug-likeness (QED) is 0.0834. The molecule has 0 aromatic rings. The number of allylic oxidation sites excluding steroid dienone is 2. The zero-order valence-corrected chi connectivity index (χ0v) is 43.6. The molecule has 392 valence electrons. The summed E-state index contributed by atoms with van der Waals surface area (Å²) in [5, 5.41) is 34.1. The SMILES string of the molecule is COC1/C=C/C(C)C(O)CC(O)/C=C/C(C)C(C(C)C(OC)C(C)CCC(=O)C(C)C(C/C=C/N(C)C=O)OC)OC(=O)/C=C\C=C(/C)CC(OC)C(OC)C2=CC(=O)OC(C2O)C(C)C(OC)C1. The molecule has 0 fully saturated rings. The molecule has 17 unspecified atom stereocenters. The third-order valence-corrected chi connectivity index (χ3v) is 13.8. The zero-order valence-electron chi connectivity index (χ0n) is 43.6. The van der Waals surface area contributed by atoms with Gasteiger partial charge in [-0.1, -0.05) is 89.6 Å². The standard InChI is InChI=1S/C53H85NO15/c1-32-17-15-19-47(59)68-51(38(7)50(66-13)34(3)22-25-42(57)36(5)44(63-10)18-16-26-54(8)31-55)35(4)20-23-39(56)28-43(58)33(2)21-24-40(62-9)29-45(64-11)37(6)52-49(61)41(30-48(60)69-52)53(67-14)46(27-32)65-12/h15-17,19-21,23-24,26,30-31,33-40,43-46,49-53,56,58,61H,18,22,25,27-29H2,1-14H3/b19-15-,23-20+,24-21+,26-16+,32-17+. The van der Waals surface area contributed by atoms with Gasteiger partial charge in [-0.05, 0) is 32.1 Å². The Morgan fingerprint density at radius 2 is 1.52 bits per heavy atom. The molecule has 0 aromatic heterocycles. The number of hydrogen-bond donors (Lipinski definition) is 3. The Hall–Kier alpha value is -3.84.